The minimum atomic E-state index is -0.296. The van der Waals surface area contributed by atoms with Crippen LogP contribution in [0.4, 0.5) is 5.69 Å². The molecule has 0 amide bonds. The first-order chi connectivity index (χ1) is 8.35. The van der Waals surface area contributed by atoms with Crippen molar-refractivity contribution in [3.8, 4) is 6.07 Å². The molecule has 1 aromatic rings. The number of benzene rings is 1. The molecule has 0 bridgehead atoms. The van der Waals surface area contributed by atoms with Crippen LogP contribution in [0.25, 0.3) is 0 Å². The molecule has 0 unspecified atom stereocenters. The maximum absolute atomic E-state index is 8.90. The summed E-state index contributed by atoms with van der Waals surface area (Å²) >= 11 is 17.9. The number of nitriles is 1. The molecule has 0 fully saturated rings. The van der Waals surface area contributed by atoms with Gasteiger partial charge in [0.05, 0.1) is 27.2 Å². The van der Waals surface area contributed by atoms with Crippen molar-refractivity contribution >= 4 is 40.5 Å². The lowest BCUT2D eigenvalue weighted by atomic mass is 9.90. The number of rotatable bonds is 5. The van der Waals surface area contributed by atoms with Crippen LogP contribution in [0.5, 0.6) is 0 Å². The zero-order valence-electron chi connectivity index (χ0n) is 10.4. The lowest BCUT2D eigenvalue weighted by molar-refractivity contribution is 0.441. The Morgan fingerprint density at radius 1 is 1.22 bits per heavy atom. The van der Waals surface area contributed by atoms with Crippen molar-refractivity contribution in [2.75, 3.05) is 11.9 Å². The monoisotopic (exact) mass is 304 g/mol. The molecule has 0 aliphatic carbocycles. The summed E-state index contributed by atoms with van der Waals surface area (Å²) < 4.78 is 0. The van der Waals surface area contributed by atoms with Crippen molar-refractivity contribution in [2.24, 2.45) is 5.41 Å². The number of hydrogen-bond acceptors (Lipinski definition) is 2. The van der Waals surface area contributed by atoms with E-state index in [2.05, 4.69) is 11.4 Å². The van der Waals surface area contributed by atoms with Gasteiger partial charge in [-0.25, -0.2) is 0 Å². The number of nitrogens with zero attached hydrogens (tertiary/aromatic N) is 1. The van der Waals surface area contributed by atoms with Gasteiger partial charge in [0.25, 0.3) is 0 Å². The van der Waals surface area contributed by atoms with E-state index in [9.17, 15) is 0 Å². The number of halogens is 3. The Morgan fingerprint density at radius 2 is 1.78 bits per heavy atom. The van der Waals surface area contributed by atoms with E-state index in [4.69, 9.17) is 40.1 Å². The highest BCUT2D eigenvalue weighted by molar-refractivity contribution is 6.41. The summed E-state index contributed by atoms with van der Waals surface area (Å²) in [5.41, 5.74) is 0.396. The third-order valence-electron chi connectivity index (χ3n) is 2.59. The zero-order valence-corrected chi connectivity index (χ0v) is 12.6. The van der Waals surface area contributed by atoms with Crippen LogP contribution in [0.1, 0.15) is 26.7 Å². The molecule has 0 aliphatic heterocycles. The molecule has 1 rings (SSSR count). The number of hydrogen-bond donors (Lipinski definition) is 1. The van der Waals surface area contributed by atoms with Gasteiger partial charge in [0, 0.05) is 11.6 Å². The molecule has 0 saturated heterocycles. The topological polar surface area (TPSA) is 35.8 Å². The summed E-state index contributed by atoms with van der Waals surface area (Å²) in [4.78, 5) is 0. The molecule has 0 saturated carbocycles. The Hall–Kier alpha value is -0.620. The van der Waals surface area contributed by atoms with E-state index in [1.54, 1.807) is 12.1 Å². The van der Waals surface area contributed by atoms with Crippen molar-refractivity contribution in [3.05, 3.63) is 27.2 Å². The highest BCUT2D eigenvalue weighted by atomic mass is 35.5. The first kappa shape index (κ1) is 15.4. The minimum absolute atomic E-state index is 0.296. The summed E-state index contributed by atoms with van der Waals surface area (Å²) in [5, 5.41) is 13.6. The van der Waals surface area contributed by atoms with E-state index in [0.717, 1.165) is 12.8 Å². The number of nitrogens with one attached hydrogen (secondary N) is 1. The predicted octanol–water partition coefficient (Wildman–Crippen LogP) is 5.39. The minimum Gasteiger partial charge on any atom is -0.383 e. The molecule has 0 spiro atoms. The van der Waals surface area contributed by atoms with E-state index in [1.807, 2.05) is 13.8 Å². The highest BCUT2D eigenvalue weighted by Crippen LogP contribution is 2.33. The average Bonchev–Trinajstić information content (AvgIpc) is 2.26. The smallest absolute Gasteiger partial charge is 0.0720 e. The third-order valence-corrected chi connectivity index (χ3v) is 3.40. The highest BCUT2D eigenvalue weighted by Gasteiger charge is 2.15. The second-order valence-corrected chi connectivity index (χ2v) is 6.02. The normalized spacial score (nSPS) is 11.1. The lowest BCUT2D eigenvalue weighted by Gasteiger charge is -2.16. The maximum Gasteiger partial charge on any atom is 0.0720 e. The van der Waals surface area contributed by atoms with Crippen LogP contribution in [0.3, 0.4) is 0 Å². The van der Waals surface area contributed by atoms with E-state index < -0.39 is 0 Å². The van der Waals surface area contributed by atoms with Crippen LogP contribution in [-0.4, -0.2) is 6.54 Å². The van der Waals surface area contributed by atoms with Gasteiger partial charge in [-0.15, -0.1) is 0 Å². The Balaban J connectivity index is 2.53. The molecular formula is C13H15Cl3N2. The molecule has 0 aliphatic rings. The molecule has 0 atom stereocenters. The summed E-state index contributed by atoms with van der Waals surface area (Å²) in [6, 6.07) is 5.57. The lowest BCUT2D eigenvalue weighted by Crippen LogP contribution is -2.11. The molecule has 2 nitrogen and oxygen atoms in total. The molecular weight excluding hydrogens is 291 g/mol. The van der Waals surface area contributed by atoms with Gasteiger partial charge in [-0.3, -0.25) is 0 Å². The van der Waals surface area contributed by atoms with E-state index in [1.165, 1.54) is 0 Å². The van der Waals surface area contributed by atoms with Crippen molar-refractivity contribution in [1.82, 2.24) is 0 Å². The van der Waals surface area contributed by atoms with E-state index in [0.29, 0.717) is 27.3 Å². The van der Waals surface area contributed by atoms with Gasteiger partial charge in [-0.2, -0.15) is 5.26 Å². The molecule has 0 aromatic heterocycles. The van der Waals surface area contributed by atoms with Crippen molar-refractivity contribution in [2.45, 2.75) is 26.7 Å². The maximum atomic E-state index is 8.90. The molecule has 0 radical (unpaired) electrons. The molecule has 98 valence electrons. The van der Waals surface area contributed by atoms with E-state index in [-0.39, 0.29) is 5.41 Å². The third kappa shape index (κ3) is 4.57. The fourth-order valence-corrected chi connectivity index (χ4v) is 2.46. The summed E-state index contributed by atoms with van der Waals surface area (Å²) in [6.45, 7) is 4.57. The van der Waals surface area contributed by atoms with Gasteiger partial charge >= 0.3 is 0 Å². The molecule has 18 heavy (non-hydrogen) atoms. The zero-order chi connectivity index (χ0) is 13.8. The fourth-order valence-electron chi connectivity index (χ4n) is 1.51. The van der Waals surface area contributed by atoms with Crippen molar-refractivity contribution in [3.63, 3.8) is 0 Å². The Morgan fingerprint density at radius 3 is 2.28 bits per heavy atom. The second kappa shape index (κ2) is 6.52. The van der Waals surface area contributed by atoms with E-state index >= 15 is 0 Å². The largest absolute Gasteiger partial charge is 0.383 e. The van der Waals surface area contributed by atoms with Crippen LogP contribution in [0.15, 0.2) is 12.1 Å². The standard InChI is InChI=1S/C13H15Cl3N2/c1-13(2,8-17)4-3-5-18-12-10(15)6-9(14)7-11(12)16/h6-7,18H,3-5H2,1-2H3. The van der Waals surface area contributed by atoms with Crippen LogP contribution < -0.4 is 5.32 Å². The molecule has 5 heteroatoms. The van der Waals surface area contributed by atoms with Crippen LogP contribution >= 0.6 is 34.8 Å². The van der Waals surface area contributed by atoms with Crippen LogP contribution in [-0.2, 0) is 0 Å². The number of anilines is 1. The first-order valence-electron chi connectivity index (χ1n) is 5.65. The van der Waals surface area contributed by atoms with Crippen molar-refractivity contribution < 1.29 is 0 Å². The fraction of sp³-hybridized carbons (Fsp3) is 0.462. The predicted molar refractivity (Wildman–Crippen MR) is 78.6 cm³/mol. The Labute approximate surface area is 123 Å². The molecule has 1 aromatic carbocycles. The summed E-state index contributed by atoms with van der Waals surface area (Å²) in [6.07, 6.45) is 1.69. The summed E-state index contributed by atoms with van der Waals surface area (Å²) in [5.74, 6) is 0. The molecule has 1 N–H and O–H groups in total. The van der Waals surface area contributed by atoms with Crippen LogP contribution in [0, 0.1) is 16.7 Å². The van der Waals surface area contributed by atoms with Gasteiger partial charge in [-0.05, 0) is 38.8 Å². The van der Waals surface area contributed by atoms with Gasteiger partial charge in [0.1, 0.15) is 0 Å². The Kier molecular flexibility index (Phi) is 5.59. The quantitative estimate of drug-likeness (QED) is 0.740. The SMILES string of the molecule is CC(C)(C#N)CCCNc1c(Cl)cc(Cl)cc1Cl. The molecule has 0 heterocycles. The average molecular weight is 306 g/mol. The first-order valence-corrected chi connectivity index (χ1v) is 6.79. The van der Waals surface area contributed by atoms with Gasteiger partial charge < -0.3 is 5.32 Å². The van der Waals surface area contributed by atoms with Gasteiger partial charge in [0.2, 0.25) is 0 Å². The van der Waals surface area contributed by atoms with Gasteiger partial charge in [-0.1, -0.05) is 34.8 Å². The second-order valence-electron chi connectivity index (χ2n) is 4.77. The van der Waals surface area contributed by atoms with Gasteiger partial charge in [0.15, 0.2) is 0 Å². The summed E-state index contributed by atoms with van der Waals surface area (Å²) in [7, 11) is 0. The van der Waals surface area contributed by atoms with Crippen LogP contribution in [0.2, 0.25) is 15.1 Å². The Bertz CT molecular complexity index is 441. The van der Waals surface area contributed by atoms with Crippen molar-refractivity contribution in [1.29, 1.82) is 5.26 Å².